The van der Waals surface area contributed by atoms with Crippen molar-refractivity contribution >= 4 is 11.8 Å². The molecule has 0 N–H and O–H groups in total. The molecular formula is C16H19N3O2. The summed E-state index contributed by atoms with van der Waals surface area (Å²) < 4.78 is 0. The number of nitrogens with zero attached hydrogens (tertiary/aromatic N) is 3. The molecule has 1 aromatic rings. The second-order valence-corrected chi connectivity index (χ2v) is 6.30. The van der Waals surface area contributed by atoms with E-state index in [9.17, 15) is 10.1 Å². The van der Waals surface area contributed by atoms with E-state index < -0.39 is 0 Å². The summed E-state index contributed by atoms with van der Waals surface area (Å²) in [4.78, 5) is 15.8. The Kier molecular flexibility index (Phi) is 2.96. The van der Waals surface area contributed by atoms with Gasteiger partial charge >= 0.3 is 0 Å². The summed E-state index contributed by atoms with van der Waals surface area (Å²) in [5, 5.41) is 11.1. The first-order valence-corrected chi connectivity index (χ1v) is 7.65. The maximum Gasteiger partial charge on any atom is 0.276 e. The van der Waals surface area contributed by atoms with Gasteiger partial charge in [0.2, 0.25) is 0 Å². The van der Waals surface area contributed by atoms with Crippen molar-refractivity contribution in [2.24, 2.45) is 5.92 Å². The standard InChI is InChI=1S/C16H19N3O2/c20-19(21)15-3-1-2-13-10-18(9-6-14(13)15)16-11-17-7-4-12(16)5-8-17/h1-3,6,9,12,16H,4-5,7-8,10-11H2. The van der Waals surface area contributed by atoms with Crippen molar-refractivity contribution in [3.63, 3.8) is 0 Å². The Balaban J connectivity index is 1.61. The van der Waals surface area contributed by atoms with Crippen LogP contribution in [0.15, 0.2) is 24.4 Å². The van der Waals surface area contributed by atoms with Crippen LogP contribution in [0, 0.1) is 16.0 Å². The van der Waals surface area contributed by atoms with Crippen molar-refractivity contribution in [1.82, 2.24) is 9.80 Å². The third-order valence-corrected chi connectivity index (χ3v) is 5.20. The van der Waals surface area contributed by atoms with Crippen LogP contribution in [0.3, 0.4) is 0 Å². The molecule has 4 aliphatic rings. The Labute approximate surface area is 124 Å². The molecule has 1 atom stereocenters. The summed E-state index contributed by atoms with van der Waals surface area (Å²) in [6, 6.07) is 5.97. The first-order valence-electron chi connectivity index (χ1n) is 7.65. The third-order valence-electron chi connectivity index (χ3n) is 5.20. The van der Waals surface area contributed by atoms with Crippen LogP contribution in [0.4, 0.5) is 5.69 Å². The fraction of sp³-hybridized carbons (Fsp3) is 0.500. The second-order valence-electron chi connectivity index (χ2n) is 6.30. The molecule has 5 nitrogen and oxygen atoms in total. The maximum absolute atomic E-state index is 11.1. The topological polar surface area (TPSA) is 49.6 Å². The third kappa shape index (κ3) is 2.12. The quantitative estimate of drug-likeness (QED) is 0.619. The SMILES string of the molecule is O=[N+]([O-])c1cccc2c1C=CN(C1CN3CCC1CC3)C2. The van der Waals surface area contributed by atoms with E-state index in [1.54, 1.807) is 12.1 Å². The molecule has 21 heavy (non-hydrogen) atoms. The second kappa shape index (κ2) is 4.84. The predicted molar refractivity (Wildman–Crippen MR) is 80.6 cm³/mol. The fourth-order valence-corrected chi connectivity index (χ4v) is 4.05. The lowest BCUT2D eigenvalue weighted by Gasteiger charge is -2.49. The molecule has 3 fully saturated rings. The van der Waals surface area contributed by atoms with Gasteiger partial charge in [-0.3, -0.25) is 10.1 Å². The molecule has 1 aromatic carbocycles. The highest BCUT2D eigenvalue weighted by molar-refractivity contribution is 5.65. The van der Waals surface area contributed by atoms with Crippen molar-refractivity contribution in [3.8, 4) is 0 Å². The van der Waals surface area contributed by atoms with Gasteiger partial charge in [0.25, 0.3) is 5.69 Å². The first-order chi connectivity index (χ1) is 10.2. The molecule has 0 saturated carbocycles. The number of nitro groups is 1. The first kappa shape index (κ1) is 12.8. The molecule has 5 heteroatoms. The highest BCUT2D eigenvalue weighted by Gasteiger charge is 2.37. The predicted octanol–water partition coefficient (Wildman–Crippen LogP) is 2.48. The fourth-order valence-electron chi connectivity index (χ4n) is 4.05. The Bertz CT molecular complexity index is 606. The molecule has 3 saturated heterocycles. The van der Waals surface area contributed by atoms with E-state index >= 15 is 0 Å². The lowest BCUT2D eigenvalue weighted by Crippen LogP contribution is -2.56. The largest absolute Gasteiger partial charge is 0.369 e. The van der Waals surface area contributed by atoms with E-state index in [4.69, 9.17) is 0 Å². The lowest BCUT2D eigenvalue weighted by atomic mass is 9.82. The van der Waals surface area contributed by atoms with E-state index in [0.717, 1.165) is 30.1 Å². The summed E-state index contributed by atoms with van der Waals surface area (Å²) in [6.07, 6.45) is 6.57. The molecule has 4 heterocycles. The molecule has 0 aliphatic carbocycles. The molecule has 1 unspecified atom stereocenters. The summed E-state index contributed by atoms with van der Waals surface area (Å²) >= 11 is 0. The van der Waals surface area contributed by atoms with Crippen molar-refractivity contribution in [1.29, 1.82) is 0 Å². The number of nitro benzene ring substituents is 1. The normalized spacial score (nSPS) is 30.3. The van der Waals surface area contributed by atoms with E-state index in [1.165, 1.54) is 25.9 Å². The minimum absolute atomic E-state index is 0.220. The molecule has 2 bridgehead atoms. The van der Waals surface area contributed by atoms with Crippen LogP contribution in [0.1, 0.15) is 24.0 Å². The number of piperidine rings is 3. The van der Waals surface area contributed by atoms with Crippen LogP contribution in [0.25, 0.3) is 6.08 Å². The van der Waals surface area contributed by atoms with Gasteiger partial charge < -0.3 is 9.80 Å². The van der Waals surface area contributed by atoms with Gasteiger partial charge in [-0.05, 0) is 43.5 Å². The van der Waals surface area contributed by atoms with Gasteiger partial charge in [-0.2, -0.15) is 0 Å². The summed E-state index contributed by atoms with van der Waals surface area (Å²) in [5.41, 5.74) is 2.07. The molecule has 0 aromatic heterocycles. The molecule has 0 spiro atoms. The number of rotatable bonds is 2. The van der Waals surface area contributed by atoms with Crippen LogP contribution in [-0.2, 0) is 6.54 Å². The molecule has 110 valence electrons. The lowest BCUT2D eigenvalue weighted by molar-refractivity contribution is -0.385. The smallest absolute Gasteiger partial charge is 0.276 e. The van der Waals surface area contributed by atoms with Crippen molar-refractivity contribution < 1.29 is 4.92 Å². The molecule has 5 rings (SSSR count). The van der Waals surface area contributed by atoms with Gasteiger partial charge in [-0.25, -0.2) is 0 Å². The highest BCUT2D eigenvalue weighted by Crippen LogP contribution is 2.35. The van der Waals surface area contributed by atoms with Gasteiger partial charge in [0, 0.05) is 31.4 Å². The van der Waals surface area contributed by atoms with E-state index in [0.29, 0.717) is 6.04 Å². The Morgan fingerprint density at radius 2 is 2.05 bits per heavy atom. The number of hydrogen-bond donors (Lipinski definition) is 0. The summed E-state index contributed by atoms with van der Waals surface area (Å²) in [5.74, 6) is 0.778. The van der Waals surface area contributed by atoms with Gasteiger partial charge in [0.15, 0.2) is 0 Å². The zero-order valence-corrected chi connectivity index (χ0v) is 11.9. The van der Waals surface area contributed by atoms with Gasteiger partial charge in [-0.15, -0.1) is 0 Å². The maximum atomic E-state index is 11.1. The Morgan fingerprint density at radius 1 is 1.24 bits per heavy atom. The molecule has 0 amide bonds. The van der Waals surface area contributed by atoms with Crippen molar-refractivity contribution in [3.05, 3.63) is 45.6 Å². The van der Waals surface area contributed by atoms with Crippen LogP contribution in [0.2, 0.25) is 0 Å². The highest BCUT2D eigenvalue weighted by atomic mass is 16.6. The average molecular weight is 285 g/mol. The Hall–Kier alpha value is -1.88. The molecule has 4 aliphatic heterocycles. The van der Waals surface area contributed by atoms with Crippen LogP contribution < -0.4 is 0 Å². The van der Waals surface area contributed by atoms with E-state index in [1.807, 2.05) is 12.1 Å². The van der Waals surface area contributed by atoms with E-state index in [-0.39, 0.29) is 10.6 Å². The molecular weight excluding hydrogens is 266 g/mol. The van der Waals surface area contributed by atoms with Crippen molar-refractivity contribution in [2.45, 2.75) is 25.4 Å². The summed E-state index contributed by atoms with van der Waals surface area (Å²) in [7, 11) is 0. The van der Waals surface area contributed by atoms with Crippen molar-refractivity contribution in [2.75, 3.05) is 19.6 Å². The van der Waals surface area contributed by atoms with Crippen LogP contribution in [0.5, 0.6) is 0 Å². The zero-order valence-electron chi connectivity index (χ0n) is 11.9. The van der Waals surface area contributed by atoms with Gasteiger partial charge in [-0.1, -0.05) is 12.1 Å². The van der Waals surface area contributed by atoms with E-state index in [2.05, 4.69) is 16.0 Å². The minimum Gasteiger partial charge on any atom is -0.369 e. The van der Waals surface area contributed by atoms with Gasteiger partial charge in [0.05, 0.1) is 10.5 Å². The number of benzene rings is 1. The molecule has 0 radical (unpaired) electrons. The zero-order chi connectivity index (χ0) is 14.4. The number of hydrogen-bond acceptors (Lipinski definition) is 4. The number of fused-ring (bicyclic) bond motifs is 4. The minimum atomic E-state index is -0.285. The van der Waals surface area contributed by atoms with Gasteiger partial charge in [0.1, 0.15) is 0 Å². The summed E-state index contributed by atoms with van der Waals surface area (Å²) in [6.45, 7) is 4.41. The monoisotopic (exact) mass is 285 g/mol. The Morgan fingerprint density at radius 3 is 2.71 bits per heavy atom. The average Bonchev–Trinajstić information content (AvgIpc) is 2.54. The van der Waals surface area contributed by atoms with Crippen LogP contribution in [-0.4, -0.2) is 40.4 Å². The van der Waals surface area contributed by atoms with Crippen LogP contribution >= 0.6 is 0 Å².